The van der Waals surface area contributed by atoms with Crippen LogP contribution in [-0.2, 0) is 16.6 Å². The Morgan fingerprint density at radius 1 is 1.25 bits per heavy atom. The smallest absolute Gasteiger partial charge is 0.258 e. The van der Waals surface area contributed by atoms with Crippen LogP contribution in [0.1, 0.15) is 24.1 Å². The van der Waals surface area contributed by atoms with E-state index < -0.39 is 10.0 Å². The first kappa shape index (κ1) is 14.6. The summed E-state index contributed by atoms with van der Waals surface area (Å²) in [5.74, 6) is 0. The van der Waals surface area contributed by atoms with E-state index in [1.54, 1.807) is 37.5 Å². The molecule has 0 fully saturated rings. The fourth-order valence-electron chi connectivity index (χ4n) is 1.70. The van der Waals surface area contributed by atoms with Gasteiger partial charge in [-0.2, -0.15) is 0 Å². The Kier molecular flexibility index (Phi) is 4.43. The van der Waals surface area contributed by atoms with Crippen molar-refractivity contribution in [3.63, 3.8) is 0 Å². The molecule has 0 spiro atoms. The molecule has 3 N–H and O–H groups in total. The van der Waals surface area contributed by atoms with E-state index in [9.17, 15) is 8.42 Å². The van der Waals surface area contributed by atoms with E-state index in [1.165, 1.54) is 12.3 Å². The van der Waals surface area contributed by atoms with Crippen molar-refractivity contribution in [1.82, 2.24) is 14.7 Å². The van der Waals surface area contributed by atoms with E-state index in [1.807, 2.05) is 0 Å². The monoisotopic (exact) mass is 292 g/mol. The van der Waals surface area contributed by atoms with Crippen molar-refractivity contribution in [2.75, 3.05) is 0 Å². The minimum absolute atomic E-state index is 0.0180. The van der Waals surface area contributed by atoms with Gasteiger partial charge in [-0.15, -0.1) is 0 Å². The third-order valence-corrected chi connectivity index (χ3v) is 4.30. The molecule has 6 nitrogen and oxygen atoms in total. The Hall–Kier alpha value is -1.83. The highest BCUT2D eigenvalue weighted by molar-refractivity contribution is 7.89. The Bertz CT molecular complexity index is 657. The van der Waals surface area contributed by atoms with Gasteiger partial charge in [0.15, 0.2) is 5.03 Å². The van der Waals surface area contributed by atoms with Gasteiger partial charge in [0.2, 0.25) is 0 Å². The van der Waals surface area contributed by atoms with Crippen LogP contribution in [0.3, 0.4) is 0 Å². The maximum Gasteiger partial charge on any atom is 0.258 e. The normalized spacial score (nSPS) is 13.1. The Balaban J connectivity index is 2.18. The van der Waals surface area contributed by atoms with E-state index in [0.717, 1.165) is 11.1 Å². The average Bonchev–Trinajstić information content (AvgIpc) is 2.48. The molecule has 1 atom stereocenters. The van der Waals surface area contributed by atoms with Crippen LogP contribution in [0.25, 0.3) is 0 Å². The second-order valence-corrected chi connectivity index (χ2v) is 5.99. The number of pyridine rings is 2. The fourth-order valence-corrected chi connectivity index (χ4v) is 2.86. The van der Waals surface area contributed by atoms with Crippen LogP contribution in [0.2, 0.25) is 0 Å². The zero-order valence-electron chi connectivity index (χ0n) is 11.0. The van der Waals surface area contributed by atoms with Gasteiger partial charge < -0.3 is 5.73 Å². The molecule has 20 heavy (non-hydrogen) atoms. The van der Waals surface area contributed by atoms with Gasteiger partial charge in [0.25, 0.3) is 10.0 Å². The van der Waals surface area contributed by atoms with Gasteiger partial charge in [-0.25, -0.2) is 18.1 Å². The van der Waals surface area contributed by atoms with E-state index >= 15 is 0 Å². The van der Waals surface area contributed by atoms with Crippen molar-refractivity contribution in [2.24, 2.45) is 5.73 Å². The minimum Gasteiger partial charge on any atom is -0.326 e. The van der Waals surface area contributed by atoms with Crippen LogP contribution in [0.15, 0.2) is 47.9 Å². The summed E-state index contributed by atoms with van der Waals surface area (Å²) in [5.41, 5.74) is 7.07. The molecule has 0 radical (unpaired) electrons. The molecule has 106 valence electrons. The maximum absolute atomic E-state index is 12.2. The second kappa shape index (κ2) is 6.08. The molecule has 2 aromatic heterocycles. The lowest BCUT2D eigenvalue weighted by Gasteiger charge is -2.14. The van der Waals surface area contributed by atoms with E-state index in [0.29, 0.717) is 6.54 Å². The fraction of sp³-hybridized carbons (Fsp3) is 0.231. The first-order chi connectivity index (χ1) is 9.53. The highest BCUT2D eigenvalue weighted by Gasteiger charge is 2.19. The molecule has 0 aliphatic heterocycles. The van der Waals surface area contributed by atoms with Crippen LogP contribution >= 0.6 is 0 Å². The predicted octanol–water partition coefficient (Wildman–Crippen LogP) is 0.975. The summed E-state index contributed by atoms with van der Waals surface area (Å²) >= 11 is 0. The number of hydrogen-bond donors (Lipinski definition) is 2. The number of nitrogens with one attached hydrogen (secondary N) is 1. The van der Waals surface area contributed by atoms with Gasteiger partial charge in [0.1, 0.15) is 0 Å². The highest BCUT2D eigenvalue weighted by atomic mass is 32.2. The van der Waals surface area contributed by atoms with Gasteiger partial charge in [-0.3, -0.25) is 4.98 Å². The molecule has 0 amide bonds. The lowest BCUT2D eigenvalue weighted by atomic mass is 10.1. The molecule has 2 aromatic rings. The van der Waals surface area contributed by atoms with Crippen LogP contribution in [0, 0.1) is 0 Å². The number of hydrogen-bond acceptors (Lipinski definition) is 5. The molecule has 0 bridgehead atoms. The highest BCUT2D eigenvalue weighted by Crippen LogP contribution is 2.15. The van der Waals surface area contributed by atoms with Crippen molar-refractivity contribution in [3.8, 4) is 0 Å². The lowest BCUT2D eigenvalue weighted by Crippen LogP contribution is -2.27. The summed E-state index contributed by atoms with van der Waals surface area (Å²) in [4.78, 5) is 7.83. The summed E-state index contributed by atoms with van der Waals surface area (Å²) in [6.45, 7) is 2.09. The summed E-state index contributed by atoms with van der Waals surface area (Å²) in [7, 11) is -3.65. The Labute approximate surface area is 118 Å². The van der Waals surface area contributed by atoms with Crippen LogP contribution < -0.4 is 10.5 Å². The van der Waals surface area contributed by atoms with Gasteiger partial charge in [0.05, 0.1) is 0 Å². The number of nitrogens with zero attached hydrogens (tertiary/aromatic N) is 2. The molecule has 2 rings (SSSR count). The first-order valence-electron chi connectivity index (χ1n) is 6.10. The van der Waals surface area contributed by atoms with Crippen LogP contribution in [0.4, 0.5) is 0 Å². The second-order valence-electron chi connectivity index (χ2n) is 4.33. The average molecular weight is 292 g/mol. The van der Waals surface area contributed by atoms with Gasteiger partial charge in [-0.1, -0.05) is 6.07 Å². The maximum atomic E-state index is 12.2. The van der Waals surface area contributed by atoms with E-state index in [4.69, 9.17) is 5.73 Å². The standard InChI is InChI=1S/C13H16N4O2S/c1-10(12-4-6-15-7-5-12)17-20(18,19)13-3-2-11(8-14)9-16-13/h2-7,9-10,17H,8,14H2,1H3. The number of rotatable bonds is 5. The number of nitrogens with two attached hydrogens (primary N) is 1. The minimum atomic E-state index is -3.65. The molecule has 0 aliphatic rings. The molecular formula is C13H16N4O2S. The topological polar surface area (TPSA) is 98.0 Å². The molecule has 2 heterocycles. The summed E-state index contributed by atoms with van der Waals surface area (Å²) in [6, 6.07) is 6.26. The zero-order valence-corrected chi connectivity index (χ0v) is 11.8. The molecular weight excluding hydrogens is 276 g/mol. The molecule has 1 unspecified atom stereocenters. The summed E-state index contributed by atoms with van der Waals surface area (Å²) in [5, 5.41) is -0.0180. The lowest BCUT2D eigenvalue weighted by molar-refractivity contribution is 0.563. The third kappa shape index (κ3) is 3.38. The number of aromatic nitrogens is 2. The Morgan fingerprint density at radius 3 is 2.50 bits per heavy atom. The van der Waals surface area contributed by atoms with Crippen LogP contribution in [-0.4, -0.2) is 18.4 Å². The SMILES string of the molecule is CC(NS(=O)(=O)c1ccc(CN)cn1)c1ccncc1. The van der Waals surface area contributed by atoms with Crippen molar-refractivity contribution < 1.29 is 8.42 Å². The van der Waals surface area contributed by atoms with Crippen molar-refractivity contribution >= 4 is 10.0 Å². The third-order valence-electron chi connectivity index (χ3n) is 2.85. The first-order valence-corrected chi connectivity index (χ1v) is 7.58. The Morgan fingerprint density at radius 2 is 1.95 bits per heavy atom. The predicted molar refractivity (Wildman–Crippen MR) is 75.1 cm³/mol. The van der Waals surface area contributed by atoms with E-state index in [2.05, 4.69) is 14.7 Å². The van der Waals surface area contributed by atoms with Crippen molar-refractivity contribution in [2.45, 2.75) is 24.5 Å². The number of sulfonamides is 1. The molecule has 0 aromatic carbocycles. The molecule has 0 saturated heterocycles. The van der Waals surface area contributed by atoms with Crippen molar-refractivity contribution in [3.05, 3.63) is 54.0 Å². The summed E-state index contributed by atoms with van der Waals surface area (Å²) < 4.78 is 27.0. The van der Waals surface area contributed by atoms with Gasteiger partial charge in [0, 0.05) is 31.2 Å². The van der Waals surface area contributed by atoms with Crippen molar-refractivity contribution in [1.29, 1.82) is 0 Å². The molecule has 7 heteroatoms. The van der Waals surface area contributed by atoms with E-state index in [-0.39, 0.29) is 11.1 Å². The molecule has 0 aliphatic carbocycles. The van der Waals surface area contributed by atoms with Crippen LogP contribution in [0.5, 0.6) is 0 Å². The van der Waals surface area contributed by atoms with Gasteiger partial charge in [-0.05, 0) is 36.2 Å². The summed E-state index contributed by atoms with van der Waals surface area (Å²) in [6.07, 6.45) is 4.70. The zero-order chi connectivity index (χ0) is 14.6. The quantitative estimate of drug-likeness (QED) is 0.856. The molecule has 0 saturated carbocycles. The van der Waals surface area contributed by atoms with Gasteiger partial charge >= 0.3 is 0 Å². The largest absolute Gasteiger partial charge is 0.326 e.